The van der Waals surface area contributed by atoms with Crippen molar-refractivity contribution in [2.45, 2.75) is 46.6 Å². The summed E-state index contributed by atoms with van der Waals surface area (Å²) in [4.78, 5) is 9.69. The first-order valence-corrected chi connectivity index (χ1v) is 12.2. The number of allylic oxidation sites excluding steroid dienone is 5. The first-order valence-electron chi connectivity index (χ1n) is 12.2. The second-order valence-corrected chi connectivity index (χ2v) is 8.85. The van der Waals surface area contributed by atoms with Gasteiger partial charge in [-0.25, -0.2) is 4.98 Å². The molecule has 0 radical (unpaired) electrons. The molecule has 0 saturated carbocycles. The van der Waals surface area contributed by atoms with Crippen molar-refractivity contribution in [3.63, 3.8) is 0 Å². The Bertz CT molecular complexity index is 1410. The molecular formula is C31H34N4. The van der Waals surface area contributed by atoms with E-state index in [-0.39, 0.29) is 0 Å². The highest BCUT2D eigenvalue weighted by Crippen LogP contribution is 2.23. The maximum absolute atomic E-state index is 4.98. The minimum absolute atomic E-state index is 0.894. The van der Waals surface area contributed by atoms with Gasteiger partial charge in [-0.3, -0.25) is 4.98 Å². The van der Waals surface area contributed by atoms with Gasteiger partial charge < -0.3 is 9.88 Å². The van der Waals surface area contributed by atoms with Crippen molar-refractivity contribution in [1.29, 1.82) is 0 Å². The summed E-state index contributed by atoms with van der Waals surface area (Å²) in [7, 11) is 0. The van der Waals surface area contributed by atoms with E-state index in [1.54, 1.807) is 6.20 Å². The van der Waals surface area contributed by atoms with Gasteiger partial charge in [0.15, 0.2) is 0 Å². The first-order chi connectivity index (χ1) is 17.0. The zero-order valence-electron chi connectivity index (χ0n) is 21.0. The lowest BCUT2D eigenvalue weighted by molar-refractivity contribution is 0.646. The zero-order chi connectivity index (χ0) is 24.8. The van der Waals surface area contributed by atoms with E-state index in [9.17, 15) is 0 Å². The number of fused-ring (bicyclic) bond motifs is 1. The standard InChI is InChI=1S/C31H34N4/c1-6-25(29-21-35-18-11-9-8-10-15-30(35)34-29)19-27-20-26(17-16-22(27)3)24(5)31(32-7-2)28-14-12-13-23(4)33-28/h6-9,12-14,16-17,19-21,32H,2-3,10-11,15,18H2,1,4-5H3/b9-8+,25-6+,27-19-,31-24+. The van der Waals surface area contributed by atoms with E-state index in [2.05, 4.69) is 85.6 Å². The molecule has 178 valence electrons. The van der Waals surface area contributed by atoms with Crippen LogP contribution >= 0.6 is 0 Å². The van der Waals surface area contributed by atoms with E-state index >= 15 is 0 Å². The summed E-state index contributed by atoms with van der Waals surface area (Å²) >= 11 is 0. The second kappa shape index (κ2) is 11.0. The third-order valence-corrected chi connectivity index (χ3v) is 6.36. The van der Waals surface area contributed by atoms with Crippen LogP contribution < -0.4 is 15.8 Å². The lowest BCUT2D eigenvalue weighted by Gasteiger charge is -2.13. The van der Waals surface area contributed by atoms with Gasteiger partial charge in [0.25, 0.3) is 0 Å². The number of nitrogens with zero attached hydrogens (tertiary/aromatic N) is 3. The fraction of sp³-hybridized carbons (Fsp3) is 0.226. The minimum Gasteiger partial charge on any atom is -0.360 e. The number of imidazole rings is 1. The van der Waals surface area contributed by atoms with Crippen LogP contribution in [0.25, 0.3) is 29.5 Å². The molecule has 1 aromatic carbocycles. The maximum atomic E-state index is 4.98. The summed E-state index contributed by atoms with van der Waals surface area (Å²) in [5.74, 6) is 1.16. The van der Waals surface area contributed by atoms with Crippen molar-refractivity contribution in [3.8, 4) is 0 Å². The number of nitrogens with one attached hydrogen (secondary N) is 1. The average molecular weight is 463 g/mol. The Morgan fingerprint density at radius 1 is 1.09 bits per heavy atom. The second-order valence-electron chi connectivity index (χ2n) is 8.85. The highest BCUT2D eigenvalue weighted by Gasteiger charge is 2.12. The molecule has 0 unspecified atom stereocenters. The minimum atomic E-state index is 0.894. The molecule has 3 aromatic rings. The van der Waals surface area contributed by atoms with E-state index in [1.807, 2.05) is 25.1 Å². The number of pyridine rings is 1. The van der Waals surface area contributed by atoms with Crippen LogP contribution in [0.1, 0.15) is 55.2 Å². The van der Waals surface area contributed by atoms with Crippen LogP contribution in [0.5, 0.6) is 0 Å². The Kier molecular flexibility index (Phi) is 7.61. The van der Waals surface area contributed by atoms with Crippen molar-refractivity contribution in [2.75, 3.05) is 0 Å². The summed E-state index contributed by atoms with van der Waals surface area (Å²) < 4.78 is 2.30. The lowest BCUT2D eigenvalue weighted by Crippen LogP contribution is -2.23. The van der Waals surface area contributed by atoms with Gasteiger partial charge in [-0.1, -0.05) is 49.6 Å². The first kappa shape index (κ1) is 24.2. The quantitative estimate of drug-likeness (QED) is 0.499. The maximum Gasteiger partial charge on any atom is 0.109 e. The number of rotatable bonds is 6. The lowest BCUT2D eigenvalue weighted by atomic mass is 10.0. The molecule has 3 heterocycles. The molecule has 1 aliphatic rings. The Labute approximate surface area is 208 Å². The summed E-state index contributed by atoms with van der Waals surface area (Å²) in [6, 6.07) is 12.4. The normalized spacial score (nSPS) is 16.1. The Morgan fingerprint density at radius 3 is 2.69 bits per heavy atom. The van der Waals surface area contributed by atoms with Crippen molar-refractivity contribution >= 4 is 29.5 Å². The monoisotopic (exact) mass is 462 g/mol. The Hall–Kier alpha value is -3.92. The molecule has 4 rings (SSSR count). The molecular weight excluding hydrogens is 428 g/mol. The van der Waals surface area contributed by atoms with Crippen LogP contribution in [-0.2, 0) is 13.0 Å². The van der Waals surface area contributed by atoms with Gasteiger partial charge in [0, 0.05) is 24.9 Å². The van der Waals surface area contributed by atoms with Crippen molar-refractivity contribution in [1.82, 2.24) is 19.9 Å². The molecule has 0 aliphatic carbocycles. The van der Waals surface area contributed by atoms with E-state index in [0.29, 0.717) is 0 Å². The van der Waals surface area contributed by atoms with E-state index in [4.69, 9.17) is 9.97 Å². The fourth-order valence-electron chi connectivity index (χ4n) is 4.39. The molecule has 0 atom stereocenters. The van der Waals surface area contributed by atoms with Gasteiger partial charge in [0.2, 0.25) is 0 Å². The van der Waals surface area contributed by atoms with E-state index in [1.165, 1.54) is 0 Å². The summed E-state index contributed by atoms with van der Waals surface area (Å²) in [5, 5.41) is 5.36. The number of benzene rings is 1. The molecule has 0 saturated heterocycles. The van der Waals surface area contributed by atoms with Crippen LogP contribution in [0.2, 0.25) is 0 Å². The van der Waals surface area contributed by atoms with Crippen LogP contribution in [0.4, 0.5) is 0 Å². The molecule has 0 bridgehead atoms. The molecule has 1 aliphatic heterocycles. The molecule has 2 aromatic heterocycles. The molecule has 4 nitrogen and oxygen atoms in total. The van der Waals surface area contributed by atoms with Crippen molar-refractivity contribution < 1.29 is 0 Å². The smallest absolute Gasteiger partial charge is 0.109 e. The third kappa shape index (κ3) is 5.60. The zero-order valence-corrected chi connectivity index (χ0v) is 21.0. The van der Waals surface area contributed by atoms with Crippen molar-refractivity contribution in [3.05, 3.63) is 113 Å². The predicted molar refractivity (Wildman–Crippen MR) is 148 cm³/mol. The molecule has 4 heteroatoms. The molecule has 35 heavy (non-hydrogen) atoms. The highest BCUT2D eigenvalue weighted by atomic mass is 15.1. The van der Waals surface area contributed by atoms with E-state index in [0.717, 1.165) is 81.6 Å². The summed E-state index contributed by atoms with van der Waals surface area (Å²) in [5.41, 5.74) is 7.13. The van der Waals surface area contributed by atoms with Gasteiger partial charge >= 0.3 is 0 Å². The Morgan fingerprint density at radius 2 is 1.91 bits per heavy atom. The van der Waals surface area contributed by atoms with Gasteiger partial charge in [-0.15, -0.1) is 0 Å². The van der Waals surface area contributed by atoms with Crippen LogP contribution in [0.15, 0.2) is 73.6 Å². The number of hydrogen-bond donors (Lipinski definition) is 1. The topological polar surface area (TPSA) is 42.7 Å². The predicted octanol–water partition coefficient (Wildman–Crippen LogP) is 5.39. The largest absolute Gasteiger partial charge is 0.360 e. The Balaban J connectivity index is 1.76. The van der Waals surface area contributed by atoms with Gasteiger partial charge in [0.1, 0.15) is 5.82 Å². The molecule has 1 N–H and O–H groups in total. The summed E-state index contributed by atoms with van der Waals surface area (Å²) in [6.07, 6.45) is 15.8. The van der Waals surface area contributed by atoms with Gasteiger partial charge in [0.05, 0.1) is 17.1 Å². The van der Waals surface area contributed by atoms with Crippen LogP contribution in [-0.4, -0.2) is 14.5 Å². The van der Waals surface area contributed by atoms with E-state index < -0.39 is 0 Å². The van der Waals surface area contributed by atoms with Crippen molar-refractivity contribution in [2.24, 2.45) is 0 Å². The summed E-state index contributed by atoms with van der Waals surface area (Å²) in [6.45, 7) is 15.3. The van der Waals surface area contributed by atoms with Gasteiger partial charge in [-0.05, 0) is 91.2 Å². The number of hydrogen-bond acceptors (Lipinski definition) is 3. The molecule has 0 amide bonds. The average Bonchev–Trinajstić information content (AvgIpc) is 3.23. The van der Waals surface area contributed by atoms with Crippen LogP contribution in [0, 0.1) is 6.92 Å². The number of aromatic nitrogens is 3. The van der Waals surface area contributed by atoms with Gasteiger partial charge in [-0.2, -0.15) is 0 Å². The molecule has 0 fully saturated rings. The third-order valence-electron chi connectivity index (χ3n) is 6.36. The molecule has 0 spiro atoms. The van der Waals surface area contributed by atoms with Crippen LogP contribution in [0.3, 0.4) is 0 Å². The highest BCUT2D eigenvalue weighted by molar-refractivity contribution is 5.89. The SMILES string of the molecule is C=CN/C(=C(\C)c1ccc(=C)/c(=C\C(=C/C)c2cn3c(n2)CC/C=C/CC3)c1)c1cccc(C)n1. The fourth-order valence-corrected chi connectivity index (χ4v) is 4.39. The number of aryl methyl sites for hydroxylation is 3.